The van der Waals surface area contributed by atoms with Crippen molar-refractivity contribution < 1.29 is 9.53 Å². The molecule has 0 aromatic rings. The van der Waals surface area contributed by atoms with Crippen molar-refractivity contribution in [2.24, 2.45) is 5.92 Å². The molecule has 4 heteroatoms. The summed E-state index contributed by atoms with van der Waals surface area (Å²) >= 11 is 0. The van der Waals surface area contributed by atoms with E-state index < -0.39 is 0 Å². The van der Waals surface area contributed by atoms with E-state index in [4.69, 9.17) is 4.74 Å². The van der Waals surface area contributed by atoms with E-state index in [1.807, 2.05) is 9.80 Å². The number of piperidine rings is 1. The van der Waals surface area contributed by atoms with Gasteiger partial charge < -0.3 is 14.5 Å². The molecule has 4 nitrogen and oxygen atoms in total. The van der Waals surface area contributed by atoms with Crippen molar-refractivity contribution in [1.82, 2.24) is 9.80 Å². The van der Waals surface area contributed by atoms with Crippen molar-refractivity contribution >= 4 is 6.03 Å². The minimum Gasteiger partial charge on any atom is -0.376 e. The highest BCUT2D eigenvalue weighted by Crippen LogP contribution is 2.30. The van der Waals surface area contributed by atoms with Crippen LogP contribution in [-0.4, -0.2) is 54.7 Å². The lowest BCUT2D eigenvalue weighted by atomic mass is 10.1. The zero-order valence-electron chi connectivity index (χ0n) is 11.1. The largest absolute Gasteiger partial charge is 0.376 e. The fraction of sp³-hybridized carbons (Fsp3) is 0.929. The average Bonchev–Trinajstić information content (AvgIpc) is 3.14. The Morgan fingerprint density at radius 1 is 1.00 bits per heavy atom. The van der Waals surface area contributed by atoms with Gasteiger partial charge in [-0.25, -0.2) is 4.79 Å². The van der Waals surface area contributed by atoms with Gasteiger partial charge in [0, 0.05) is 32.8 Å². The average molecular weight is 252 g/mol. The van der Waals surface area contributed by atoms with Crippen LogP contribution in [0.25, 0.3) is 0 Å². The molecule has 2 heterocycles. The number of urea groups is 1. The van der Waals surface area contributed by atoms with Gasteiger partial charge in [-0.05, 0) is 44.4 Å². The maximum Gasteiger partial charge on any atom is 0.320 e. The van der Waals surface area contributed by atoms with Crippen molar-refractivity contribution in [3.8, 4) is 0 Å². The van der Waals surface area contributed by atoms with Crippen LogP contribution in [0.1, 0.15) is 38.5 Å². The van der Waals surface area contributed by atoms with Gasteiger partial charge in [-0.1, -0.05) is 0 Å². The maximum atomic E-state index is 12.3. The van der Waals surface area contributed by atoms with Crippen molar-refractivity contribution in [2.75, 3.05) is 32.8 Å². The topological polar surface area (TPSA) is 32.8 Å². The molecule has 3 rings (SSSR count). The van der Waals surface area contributed by atoms with Crippen LogP contribution in [0.3, 0.4) is 0 Å². The smallest absolute Gasteiger partial charge is 0.320 e. The molecule has 1 aliphatic carbocycles. The van der Waals surface area contributed by atoms with Crippen molar-refractivity contribution in [3.05, 3.63) is 0 Å². The molecule has 0 aromatic carbocycles. The molecule has 1 atom stereocenters. The molecule has 2 aliphatic heterocycles. The lowest BCUT2D eigenvalue weighted by molar-refractivity contribution is 0.0520. The second-order valence-electron chi connectivity index (χ2n) is 5.96. The number of amides is 2. The van der Waals surface area contributed by atoms with Gasteiger partial charge in [0.1, 0.15) is 0 Å². The third-order valence-electron chi connectivity index (χ3n) is 4.31. The Bertz CT molecular complexity index is 298. The third kappa shape index (κ3) is 2.97. The van der Waals surface area contributed by atoms with Gasteiger partial charge >= 0.3 is 6.03 Å². The van der Waals surface area contributed by atoms with E-state index in [2.05, 4.69) is 0 Å². The van der Waals surface area contributed by atoms with Crippen LogP contribution in [0.4, 0.5) is 4.79 Å². The highest BCUT2D eigenvalue weighted by Gasteiger charge is 2.31. The molecule has 1 saturated carbocycles. The summed E-state index contributed by atoms with van der Waals surface area (Å²) in [5, 5.41) is 0. The van der Waals surface area contributed by atoms with E-state index in [0.717, 1.165) is 45.1 Å². The van der Waals surface area contributed by atoms with Gasteiger partial charge in [0.15, 0.2) is 0 Å². The molecule has 2 amide bonds. The fourth-order valence-corrected chi connectivity index (χ4v) is 2.88. The lowest BCUT2D eigenvalue weighted by Crippen LogP contribution is -2.44. The summed E-state index contributed by atoms with van der Waals surface area (Å²) in [7, 11) is 0. The Balaban J connectivity index is 1.43. The Kier molecular flexibility index (Phi) is 3.73. The summed E-state index contributed by atoms with van der Waals surface area (Å²) < 4.78 is 5.88. The van der Waals surface area contributed by atoms with Gasteiger partial charge in [0.25, 0.3) is 0 Å². The minimum absolute atomic E-state index is 0.243. The first-order chi connectivity index (χ1) is 8.83. The maximum absolute atomic E-state index is 12.3. The zero-order chi connectivity index (χ0) is 12.4. The summed E-state index contributed by atoms with van der Waals surface area (Å²) in [4.78, 5) is 16.3. The summed E-state index contributed by atoms with van der Waals surface area (Å²) in [6.07, 6.45) is 7.59. The van der Waals surface area contributed by atoms with Crippen LogP contribution < -0.4 is 0 Å². The number of carbonyl (C=O) groups is 1. The standard InChI is InChI=1S/C14H24N2O2/c17-14(15-7-2-1-3-8-15)16-9-6-13(10-16)18-11-12-4-5-12/h12-13H,1-11H2. The van der Waals surface area contributed by atoms with E-state index in [1.165, 1.54) is 32.1 Å². The van der Waals surface area contributed by atoms with Gasteiger partial charge in [-0.15, -0.1) is 0 Å². The Labute approximate surface area is 109 Å². The second-order valence-corrected chi connectivity index (χ2v) is 5.96. The van der Waals surface area contributed by atoms with Crippen LogP contribution in [0.2, 0.25) is 0 Å². The number of nitrogens with zero attached hydrogens (tertiary/aromatic N) is 2. The van der Waals surface area contributed by atoms with Crippen LogP contribution in [0.15, 0.2) is 0 Å². The number of likely N-dealkylation sites (tertiary alicyclic amines) is 2. The molecule has 102 valence electrons. The molecule has 0 radical (unpaired) electrons. The van der Waals surface area contributed by atoms with Crippen LogP contribution in [0, 0.1) is 5.92 Å². The van der Waals surface area contributed by atoms with E-state index in [1.54, 1.807) is 0 Å². The number of hydrogen-bond acceptors (Lipinski definition) is 2. The van der Waals surface area contributed by atoms with Gasteiger partial charge in [-0.2, -0.15) is 0 Å². The molecule has 2 saturated heterocycles. The van der Waals surface area contributed by atoms with Crippen LogP contribution in [-0.2, 0) is 4.74 Å². The first-order valence-corrected chi connectivity index (χ1v) is 7.48. The molecular weight excluding hydrogens is 228 g/mol. The van der Waals surface area contributed by atoms with Crippen LogP contribution >= 0.6 is 0 Å². The molecule has 0 spiro atoms. The van der Waals surface area contributed by atoms with Crippen molar-refractivity contribution in [3.63, 3.8) is 0 Å². The predicted molar refractivity (Wildman–Crippen MR) is 69.5 cm³/mol. The molecule has 3 fully saturated rings. The van der Waals surface area contributed by atoms with E-state index in [-0.39, 0.29) is 6.03 Å². The predicted octanol–water partition coefficient (Wildman–Crippen LogP) is 2.09. The Morgan fingerprint density at radius 3 is 2.50 bits per heavy atom. The molecule has 0 bridgehead atoms. The fourth-order valence-electron chi connectivity index (χ4n) is 2.88. The molecular formula is C14H24N2O2. The molecule has 18 heavy (non-hydrogen) atoms. The number of rotatable bonds is 3. The third-order valence-corrected chi connectivity index (χ3v) is 4.31. The van der Waals surface area contributed by atoms with Gasteiger partial charge in [0.05, 0.1) is 6.10 Å². The molecule has 0 aromatic heterocycles. The normalized spacial score (nSPS) is 28.8. The summed E-state index contributed by atoms with van der Waals surface area (Å²) in [6, 6.07) is 0.243. The summed E-state index contributed by atoms with van der Waals surface area (Å²) in [5.41, 5.74) is 0. The highest BCUT2D eigenvalue weighted by atomic mass is 16.5. The quantitative estimate of drug-likeness (QED) is 0.770. The van der Waals surface area contributed by atoms with Crippen molar-refractivity contribution in [1.29, 1.82) is 0 Å². The second kappa shape index (κ2) is 5.47. The Morgan fingerprint density at radius 2 is 1.78 bits per heavy atom. The van der Waals surface area contributed by atoms with Crippen molar-refractivity contribution in [2.45, 2.75) is 44.6 Å². The number of carbonyl (C=O) groups excluding carboxylic acids is 1. The minimum atomic E-state index is 0.243. The van der Waals surface area contributed by atoms with E-state index in [0.29, 0.717) is 6.10 Å². The summed E-state index contributed by atoms with van der Waals surface area (Å²) in [6.45, 7) is 4.50. The van der Waals surface area contributed by atoms with Gasteiger partial charge in [-0.3, -0.25) is 0 Å². The lowest BCUT2D eigenvalue weighted by Gasteiger charge is -2.30. The molecule has 1 unspecified atom stereocenters. The van der Waals surface area contributed by atoms with Crippen LogP contribution in [0.5, 0.6) is 0 Å². The zero-order valence-corrected chi connectivity index (χ0v) is 11.1. The highest BCUT2D eigenvalue weighted by molar-refractivity contribution is 5.74. The number of hydrogen-bond donors (Lipinski definition) is 0. The summed E-state index contributed by atoms with van der Waals surface area (Å²) in [5.74, 6) is 0.817. The molecule has 0 N–H and O–H groups in total. The number of ether oxygens (including phenoxy) is 1. The van der Waals surface area contributed by atoms with Gasteiger partial charge in [0.2, 0.25) is 0 Å². The first kappa shape index (κ1) is 12.3. The SMILES string of the molecule is O=C(N1CCCCC1)N1CCC(OCC2CC2)C1. The van der Waals surface area contributed by atoms with E-state index in [9.17, 15) is 4.79 Å². The monoisotopic (exact) mass is 252 g/mol. The van der Waals surface area contributed by atoms with E-state index >= 15 is 0 Å². The first-order valence-electron chi connectivity index (χ1n) is 7.48. The molecule has 3 aliphatic rings. The Hall–Kier alpha value is -0.770.